The molecule has 0 bridgehead atoms. The van der Waals surface area contributed by atoms with E-state index in [1.54, 1.807) is 39.5 Å². The predicted octanol–water partition coefficient (Wildman–Crippen LogP) is 1.15. The molecule has 0 aliphatic carbocycles. The van der Waals surface area contributed by atoms with Crippen LogP contribution in [-0.2, 0) is 14.3 Å². The lowest BCUT2D eigenvalue weighted by atomic mass is 10.1. The second-order valence-electron chi connectivity index (χ2n) is 4.01. The van der Waals surface area contributed by atoms with E-state index in [9.17, 15) is 4.79 Å². The molecule has 0 saturated carbocycles. The summed E-state index contributed by atoms with van der Waals surface area (Å²) in [5.41, 5.74) is 0.691. The van der Waals surface area contributed by atoms with Crippen molar-refractivity contribution in [1.29, 1.82) is 0 Å². The van der Waals surface area contributed by atoms with Crippen LogP contribution in [0.2, 0.25) is 0 Å². The number of methoxy groups -OCH3 is 4. The van der Waals surface area contributed by atoms with E-state index in [0.717, 1.165) is 0 Å². The molecule has 0 saturated heterocycles. The lowest BCUT2D eigenvalue weighted by Crippen LogP contribution is -2.32. The van der Waals surface area contributed by atoms with Crippen LogP contribution in [0.3, 0.4) is 0 Å². The summed E-state index contributed by atoms with van der Waals surface area (Å²) < 4.78 is 20.2. The summed E-state index contributed by atoms with van der Waals surface area (Å²) in [6.45, 7) is 1.01. The number of esters is 1. The first-order chi connectivity index (χ1) is 9.67. The Labute approximate surface area is 119 Å². The molecule has 1 aromatic rings. The maximum absolute atomic E-state index is 11.9. The maximum atomic E-state index is 11.9. The molecule has 20 heavy (non-hydrogen) atoms. The molecule has 0 aliphatic rings. The molecule has 1 N–H and O–H groups in total. The molecule has 0 fully saturated rings. The first-order valence-electron chi connectivity index (χ1n) is 6.20. The lowest BCUT2D eigenvalue weighted by molar-refractivity contribution is -0.143. The fourth-order valence-electron chi connectivity index (χ4n) is 1.80. The second-order valence-corrected chi connectivity index (χ2v) is 4.01. The van der Waals surface area contributed by atoms with Crippen molar-refractivity contribution in [2.45, 2.75) is 6.04 Å². The highest BCUT2D eigenvalue weighted by Gasteiger charge is 2.24. The summed E-state index contributed by atoms with van der Waals surface area (Å²) in [6.07, 6.45) is 0. The van der Waals surface area contributed by atoms with Gasteiger partial charge in [-0.05, 0) is 12.1 Å². The average molecular weight is 283 g/mol. The van der Waals surface area contributed by atoms with Crippen molar-refractivity contribution in [3.05, 3.63) is 23.8 Å². The molecule has 6 heteroatoms. The van der Waals surface area contributed by atoms with Crippen LogP contribution in [0.5, 0.6) is 11.5 Å². The van der Waals surface area contributed by atoms with Crippen molar-refractivity contribution in [2.24, 2.45) is 0 Å². The fraction of sp³-hybridized carbons (Fsp3) is 0.500. The third kappa shape index (κ3) is 4.11. The molecule has 0 aliphatic heterocycles. The number of carbonyl (C=O) groups is 1. The van der Waals surface area contributed by atoms with Gasteiger partial charge >= 0.3 is 5.97 Å². The third-order valence-electron chi connectivity index (χ3n) is 2.84. The van der Waals surface area contributed by atoms with E-state index in [0.29, 0.717) is 30.2 Å². The minimum Gasteiger partial charge on any atom is -0.497 e. The van der Waals surface area contributed by atoms with Crippen molar-refractivity contribution in [3.63, 3.8) is 0 Å². The van der Waals surface area contributed by atoms with Gasteiger partial charge in [0, 0.05) is 25.3 Å². The molecule has 0 heterocycles. The molecule has 1 atom stereocenters. The van der Waals surface area contributed by atoms with Crippen molar-refractivity contribution in [2.75, 3.05) is 41.6 Å². The highest BCUT2D eigenvalue weighted by Crippen LogP contribution is 2.30. The number of ether oxygens (including phenoxy) is 4. The van der Waals surface area contributed by atoms with E-state index in [-0.39, 0.29) is 5.97 Å². The highest BCUT2D eigenvalue weighted by atomic mass is 16.5. The van der Waals surface area contributed by atoms with Gasteiger partial charge in [-0.1, -0.05) is 0 Å². The van der Waals surface area contributed by atoms with Gasteiger partial charge in [0.15, 0.2) is 0 Å². The Hall–Kier alpha value is -1.79. The number of hydrogen-bond acceptors (Lipinski definition) is 6. The van der Waals surface area contributed by atoms with Gasteiger partial charge in [-0.3, -0.25) is 5.32 Å². The average Bonchev–Trinajstić information content (AvgIpc) is 2.50. The van der Waals surface area contributed by atoms with Gasteiger partial charge in [-0.25, -0.2) is 4.79 Å². The summed E-state index contributed by atoms with van der Waals surface area (Å²) >= 11 is 0. The van der Waals surface area contributed by atoms with Crippen molar-refractivity contribution in [3.8, 4) is 11.5 Å². The zero-order valence-electron chi connectivity index (χ0n) is 12.3. The molecule has 0 radical (unpaired) electrons. The topological polar surface area (TPSA) is 66.0 Å². The number of carbonyl (C=O) groups excluding carboxylic acids is 1. The molecular formula is C14H21NO5. The van der Waals surface area contributed by atoms with Crippen LogP contribution in [0.15, 0.2) is 18.2 Å². The van der Waals surface area contributed by atoms with E-state index in [1.165, 1.54) is 7.11 Å². The van der Waals surface area contributed by atoms with Crippen LogP contribution in [0.1, 0.15) is 11.6 Å². The third-order valence-corrected chi connectivity index (χ3v) is 2.84. The molecule has 0 spiro atoms. The lowest BCUT2D eigenvalue weighted by Gasteiger charge is -2.19. The summed E-state index contributed by atoms with van der Waals surface area (Å²) in [7, 11) is 6.07. The molecule has 6 nitrogen and oxygen atoms in total. The van der Waals surface area contributed by atoms with E-state index in [1.807, 2.05) is 0 Å². The SMILES string of the molecule is COCCNC(C(=O)OC)c1ccc(OC)cc1OC. The Balaban J connectivity index is 3.02. The first kappa shape index (κ1) is 16.3. The molecule has 1 aromatic carbocycles. The van der Waals surface area contributed by atoms with Gasteiger partial charge in [0.1, 0.15) is 17.5 Å². The van der Waals surface area contributed by atoms with Crippen LogP contribution < -0.4 is 14.8 Å². The van der Waals surface area contributed by atoms with Crippen LogP contribution in [-0.4, -0.2) is 47.6 Å². The van der Waals surface area contributed by atoms with Crippen LogP contribution in [0.25, 0.3) is 0 Å². The van der Waals surface area contributed by atoms with E-state index in [4.69, 9.17) is 18.9 Å². The van der Waals surface area contributed by atoms with Crippen molar-refractivity contribution >= 4 is 5.97 Å². The molecular weight excluding hydrogens is 262 g/mol. The normalized spacial score (nSPS) is 11.8. The summed E-state index contributed by atoms with van der Waals surface area (Å²) in [6, 6.07) is 4.66. The highest BCUT2D eigenvalue weighted by molar-refractivity contribution is 5.78. The van der Waals surface area contributed by atoms with E-state index >= 15 is 0 Å². The monoisotopic (exact) mass is 283 g/mol. The van der Waals surface area contributed by atoms with Gasteiger partial charge in [0.25, 0.3) is 0 Å². The van der Waals surface area contributed by atoms with Crippen molar-refractivity contribution < 1.29 is 23.7 Å². The Bertz CT molecular complexity index is 436. The van der Waals surface area contributed by atoms with Gasteiger partial charge in [-0.2, -0.15) is 0 Å². The minimum atomic E-state index is -0.615. The molecule has 0 aromatic heterocycles. The Morgan fingerprint density at radius 1 is 1.20 bits per heavy atom. The summed E-state index contributed by atoms with van der Waals surface area (Å²) in [5, 5.41) is 3.08. The van der Waals surface area contributed by atoms with Gasteiger partial charge < -0.3 is 18.9 Å². The fourth-order valence-corrected chi connectivity index (χ4v) is 1.80. The van der Waals surface area contributed by atoms with Crippen molar-refractivity contribution in [1.82, 2.24) is 5.32 Å². The molecule has 0 amide bonds. The first-order valence-corrected chi connectivity index (χ1v) is 6.20. The zero-order chi connectivity index (χ0) is 15.0. The minimum absolute atomic E-state index is 0.385. The number of rotatable bonds is 8. The standard InChI is InChI=1S/C14H21NO5/c1-17-8-7-15-13(14(16)20-4)11-6-5-10(18-2)9-12(11)19-3/h5-6,9,13,15H,7-8H2,1-4H3. The molecule has 112 valence electrons. The number of benzene rings is 1. The maximum Gasteiger partial charge on any atom is 0.327 e. The summed E-state index contributed by atoms with van der Waals surface area (Å²) in [5.74, 6) is 0.834. The Morgan fingerprint density at radius 3 is 2.50 bits per heavy atom. The number of nitrogens with one attached hydrogen (secondary N) is 1. The molecule has 1 unspecified atom stereocenters. The predicted molar refractivity (Wildman–Crippen MR) is 74.2 cm³/mol. The summed E-state index contributed by atoms with van der Waals surface area (Å²) in [4.78, 5) is 11.9. The second kappa shape index (κ2) is 8.39. The van der Waals surface area contributed by atoms with Gasteiger partial charge in [-0.15, -0.1) is 0 Å². The van der Waals surface area contributed by atoms with E-state index < -0.39 is 6.04 Å². The zero-order valence-corrected chi connectivity index (χ0v) is 12.3. The Morgan fingerprint density at radius 2 is 1.95 bits per heavy atom. The number of hydrogen-bond donors (Lipinski definition) is 1. The van der Waals surface area contributed by atoms with Crippen LogP contribution in [0.4, 0.5) is 0 Å². The Kier molecular flexibility index (Phi) is 6.83. The molecule has 1 rings (SSSR count). The largest absolute Gasteiger partial charge is 0.497 e. The van der Waals surface area contributed by atoms with Gasteiger partial charge in [0.05, 0.1) is 27.9 Å². The van der Waals surface area contributed by atoms with Crippen LogP contribution in [0, 0.1) is 0 Å². The van der Waals surface area contributed by atoms with Crippen LogP contribution >= 0.6 is 0 Å². The van der Waals surface area contributed by atoms with Gasteiger partial charge in [0.2, 0.25) is 0 Å². The quantitative estimate of drug-likeness (QED) is 0.570. The smallest absolute Gasteiger partial charge is 0.327 e. The van der Waals surface area contributed by atoms with E-state index in [2.05, 4.69) is 5.32 Å².